The van der Waals surface area contributed by atoms with Crippen molar-refractivity contribution >= 4 is 5.95 Å². The van der Waals surface area contributed by atoms with E-state index >= 15 is 0 Å². The minimum absolute atomic E-state index is 0.119. The Balaban J connectivity index is 2.07. The highest BCUT2D eigenvalue weighted by atomic mass is 16.5. The summed E-state index contributed by atoms with van der Waals surface area (Å²) in [4.78, 5) is 3.88. The van der Waals surface area contributed by atoms with Gasteiger partial charge in [-0.2, -0.15) is 4.98 Å². The number of anilines is 1. The van der Waals surface area contributed by atoms with E-state index in [1.54, 1.807) is 0 Å². The van der Waals surface area contributed by atoms with Crippen molar-refractivity contribution in [3.05, 3.63) is 41.8 Å². The summed E-state index contributed by atoms with van der Waals surface area (Å²) in [7, 11) is 0. The summed E-state index contributed by atoms with van der Waals surface area (Å²) in [6, 6.07) is 9.57. The van der Waals surface area contributed by atoms with E-state index in [9.17, 15) is 0 Å². The standard InChI is InChI=1S/C10H12N4O/c11-8(9-13-10(12)14-15-9)6-7-4-2-1-3-5-7/h1-5,8H,6,11H2,(H2,12,14)/t8-/m1/s1. The van der Waals surface area contributed by atoms with Crippen LogP contribution in [-0.4, -0.2) is 10.1 Å². The molecule has 1 aromatic heterocycles. The fourth-order valence-corrected chi connectivity index (χ4v) is 1.35. The highest BCUT2D eigenvalue weighted by Crippen LogP contribution is 2.14. The molecule has 0 aliphatic carbocycles. The first-order valence-corrected chi connectivity index (χ1v) is 4.64. The van der Waals surface area contributed by atoms with Crippen LogP contribution in [0.2, 0.25) is 0 Å². The number of hydrogen-bond donors (Lipinski definition) is 2. The summed E-state index contributed by atoms with van der Waals surface area (Å²) in [5, 5.41) is 3.49. The summed E-state index contributed by atoms with van der Waals surface area (Å²) in [6.07, 6.45) is 0.655. The first kappa shape index (κ1) is 9.67. The monoisotopic (exact) mass is 204 g/mol. The van der Waals surface area contributed by atoms with Gasteiger partial charge in [0, 0.05) is 0 Å². The smallest absolute Gasteiger partial charge is 0.260 e. The fourth-order valence-electron chi connectivity index (χ4n) is 1.35. The van der Waals surface area contributed by atoms with Gasteiger partial charge in [0.1, 0.15) is 0 Å². The molecular formula is C10H12N4O. The third kappa shape index (κ3) is 2.32. The van der Waals surface area contributed by atoms with E-state index in [1.807, 2.05) is 30.3 Å². The molecule has 0 saturated carbocycles. The predicted octanol–water partition coefficient (Wildman–Crippen LogP) is 0.894. The van der Waals surface area contributed by atoms with Crippen LogP contribution in [0.1, 0.15) is 17.5 Å². The molecule has 0 aliphatic heterocycles. The molecule has 2 aromatic rings. The van der Waals surface area contributed by atoms with Crippen molar-refractivity contribution in [2.45, 2.75) is 12.5 Å². The molecule has 1 atom stereocenters. The van der Waals surface area contributed by atoms with Gasteiger partial charge in [-0.15, -0.1) is 0 Å². The molecule has 5 heteroatoms. The predicted molar refractivity (Wildman–Crippen MR) is 55.8 cm³/mol. The van der Waals surface area contributed by atoms with Gasteiger partial charge in [-0.05, 0) is 17.1 Å². The largest absolute Gasteiger partial charge is 0.365 e. The van der Waals surface area contributed by atoms with Crippen LogP contribution >= 0.6 is 0 Å². The molecule has 0 aliphatic rings. The van der Waals surface area contributed by atoms with E-state index in [2.05, 4.69) is 10.1 Å². The van der Waals surface area contributed by atoms with Crippen molar-refractivity contribution < 1.29 is 4.52 Å². The Morgan fingerprint density at radius 3 is 2.60 bits per heavy atom. The summed E-state index contributed by atoms with van der Waals surface area (Å²) < 4.78 is 4.89. The second kappa shape index (κ2) is 4.10. The quantitative estimate of drug-likeness (QED) is 0.774. The van der Waals surface area contributed by atoms with E-state index in [0.717, 1.165) is 5.56 Å². The number of nitrogen functional groups attached to an aromatic ring is 1. The van der Waals surface area contributed by atoms with Crippen molar-refractivity contribution in [1.29, 1.82) is 0 Å². The minimum Gasteiger partial charge on any atom is -0.365 e. The number of nitrogens with two attached hydrogens (primary N) is 2. The molecule has 0 bridgehead atoms. The third-order valence-electron chi connectivity index (χ3n) is 2.07. The molecular weight excluding hydrogens is 192 g/mol. The normalized spacial score (nSPS) is 12.6. The Morgan fingerprint density at radius 2 is 2.00 bits per heavy atom. The summed E-state index contributed by atoms with van der Waals surface area (Å²) >= 11 is 0. The SMILES string of the molecule is Nc1noc([C@H](N)Cc2ccccc2)n1. The maximum absolute atomic E-state index is 5.89. The maximum Gasteiger partial charge on any atom is 0.260 e. The van der Waals surface area contributed by atoms with E-state index in [-0.39, 0.29) is 12.0 Å². The van der Waals surface area contributed by atoms with Crippen LogP contribution in [0.3, 0.4) is 0 Å². The van der Waals surface area contributed by atoms with Gasteiger partial charge in [-0.1, -0.05) is 30.3 Å². The van der Waals surface area contributed by atoms with E-state index in [4.69, 9.17) is 16.0 Å². The fraction of sp³-hybridized carbons (Fsp3) is 0.200. The van der Waals surface area contributed by atoms with Crippen molar-refractivity contribution in [1.82, 2.24) is 10.1 Å². The number of nitrogens with zero attached hydrogens (tertiary/aromatic N) is 2. The maximum atomic E-state index is 5.89. The Kier molecular flexibility index (Phi) is 2.64. The number of benzene rings is 1. The van der Waals surface area contributed by atoms with Crippen molar-refractivity contribution in [3.8, 4) is 0 Å². The first-order valence-electron chi connectivity index (χ1n) is 4.64. The minimum atomic E-state index is -0.308. The average molecular weight is 204 g/mol. The number of aromatic nitrogens is 2. The highest BCUT2D eigenvalue weighted by molar-refractivity contribution is 5.18. The molecule has 2 rings (SSSR count). The zero-order valence-electron chi connectivity index (χ0n) is 8.13. The van der Waals surface area contributed by atoms with E-state index < -0.39 is 0 Å². The lowest BCUT2D eigenvalue weighted by Crippen LogP contribution is -2.13. The van der Waals surface area contributed by atoms with Crippen LogP contribution in [0.5, 0.6) is 0 Å². The van der Waals surface area contributed by atoms with Gasteiger partial charge in [0.05, 0.1) is 6.04 Å². The molecule has 0 spiro atoms. The van der Waals surface area contributed by atoms with Gasteiger partial charge in [-0.3, -0.25) is 0 Å². The average Bonchev–Trinajstić information content (AvgIpc) is 2.66. The summed E-state index contributed by atoms with van der Waals surface area (Å²) in [5.41, 5.74) is 12.4. The second-order valence-corrected chi connectivity index (χ2v) is 3.29. The Labute approximate surface area is 87.1 Å². The van der Waals surface area contributed by atoms with Gasteiger partial charge in [0.25, 0.3) is 5.95 Å². The topological polar surface area (TPSA) is 91.0 Å². The van der Waals surface area contributed by atoms with E-state index in [1.165, 1.54) is 0 Å². The lowest BCUT2D eigenvalue weighted by Gasteiger charge is -2.05. The highest BCUT2D eigenvalue weighted by Gasteiger charge is 2.13. The molecule has 0 unspecified atom stereocenters. The van der Waals surface area contributed by atoms with Crippen LogP contribution in [0.25, 0.3) is 0 Å². The molecule has 0 fully saturated rings. The van der Waals surface area contributed by atoms with Gasteiger partial charge in [0.15, 0.2) is 0 Å². The molecule has 78 valence electrons. The summed E-state index contributed by atoms with van der Waals surface area (Å²) in [6.45, 7) is 0. The van der Waals surface area contributed by atoms with Crippen LogP contribution in [-0.2, 0) is 6.42 Å². The van der Waals surface area contributed by atoms with Crippen LogP contribution < -0.4 is 11.5 Å². The van der Waals surface area contributed by atoms with Crippen molar-refractivity contribution in [2.75, 3.05) is 5.73 Å². The lowest BCUT2D eigenvalue weighted by molar-refractivity contribution is 0.355. The zero-order valence-corrected chi connectivity index (χ0v) is 8.13. The molecule has 0 radical (unpaired) electrons. The molecule has 15 heavy (non-hydrogen) atoms. The molecule has 5 nitrogen and oxygen atoms in total. The van der Waals surface area contributed by atoms with E-state index in [0.29, 0.717) is 12.3 Å². The molecule has 4 N–H and O–H groups in total. The third-order valence-corrected chi connectivity index (χ3v) is 2.07. The second-order valence-electron chi connectivity index (χ2n) is 3.29. The van der Waals surface area contributed by atoms with Crippen LogP contribution in [0.15, 0.2) is 34.9 Å². The number of hydrogen-bond acceptors (Lipinski definition) is 5. The molecule has 0 amide bonds. The van der Waals surface area contributed by atoms with Gasteiger partial charge in [0.2, 0.25) is 5.89 Å². The van der Waals surface area contributed by atoms with Crippen LogP contribution in [0.4, 0.5) is 5.95 Å². The molecule has 1 aromatic carbocycles. The first-order chi connectivity index (χ1) is 7.25. The lowest BCUT2D eigenvalue weighted by atomic mass is 10.1. The number of rotatable bonds is 3. The van der Waals surface area contributed by atoms with Gasteiger partial charge in [-0.25, -0.2) is 0 Å². The van der Waals surface area contributed by atoms with Gasteiger partial charge >= 0.3 is 0 Å². The Morgan fingerprint density at radius 1 is 1.27 bits per heavy atom. The molecule has 1 heterocycles. The molecule has 0 saturated heterocycles. The van der Waals surface area contributed by atoms with Crippen molar-refractivity contribution in [2.24, 2.45) is 5.73 Å². The Bertz CT molecular complexity index is 426. The zero-order chi connectivity index (χ0) is 10.7. The Hall–Kier alpha value is -1.88. The summed E-state index contributed by atoms with van der Waals surface area (Å²) in [5.74, 6) is 0.491. The van der Waals surface area contributed by atoms with Crippen molar-refractivity contribution in [3.63, 3.8) is 0 Å². The van der Waals surface area contributed by atoms with Crippen LogP contribution in [0, 0.1) is 0 Å². The van der Waals surface area contributed by atoms with Gasteiger partial charge < -0.3 is 16.0 Å².